The Kier molecular flexibility index (Phi) is 4.71. The maximum atomic E-state index is 11.4. The summed E-state index contributed by atoms with van der Waals surface area (Å²) < 4.78 is 11.4. The molecule has 0 aliphatic heterocycles. The fourth-order valence-electron chi connectivity index (χ4n) is 1.47. The number of hydrogen-bond donors (Lipinski definition) is 2. The number of carbonyl (C=O) groups is 1. The lowest BCUT2D eigenvalue weighted by molar-refractivity contribution is -0.134. The van der Waals surface area contributed by atoms with Crippen LogP contribution in [0.2, 0.25) is 0 Å². The van der Waals surface area contributed by atoms with E-state index in [9.17, 15) is 14.3 Å². The summed E-state index contributed by atoms with van der Waals surface area (Å²) in [6.07, 6.45) is 0.659. The maximum absolute atomic E-state index is 11.4. The first kappa shape index (κ1) is 12.9. The molecule has 0 heterocycles. The summed E-state index contributed by atoms with van der Waals surface area (Å²) in [4.78, 5) is 19.7. The molecule has 0 aromatic heterocycles. The second-order valence-electron chi connectivity index (χ2n) is 3.71. The Morgan fingerprint density at radius 1 is 1.25 bits per heavy atom. The van der Waals surface area contributed by atoms with E-state index in [2.05, 4.69) is 0 Å². The van der Waals surface area contributed by atoms with Gasteiger partial charge in [-0.3, -0.25) is 9.36 Å². The van der Waals surface area contributed by atoms with E-state index < -0.39 is 19.5 Å². The van der Waals surface area contributed by atoms with Gasteiger partial charge >= 0.3 is 5.97 Å². The lowest BCUT2D eigenvalue weighted by Crippen LogP contribution is -2.06. The van der Waals surface area contributed by atoms with Gasteiger partial charge in [-0.25, -0.2) is 0 Å². The zero-order valence-corrected chi connectivity index (χ0v) is 9.77. The molecule has 1 rings (SSSR count). The number of carboxylic acid groups (broad SMARTS) is 1. The second-order valence-corrected chi connectivity index (χ2v) is 6.17. The summed E-state index contributed by atoms with van der Waals surface area (Å²) in [5, 5.41) is 8.43. The van der Waals surface area contributed by atoms with E-state index in [1.54, 1.807) is 0 Å². The van der Waals surface area contributed by atoms with Crippen molar-refractivity contribution in [3.8, 4) is 0 Å². The van der Waals surface area contributed by atoms with Crippen LogP contribution in [0.1, 0.15) is 12.0 Å². The molecule has 0 spiro atoms. The molecule has 1 aromatic rings. The van der Waals surface area contributed by atoms with Crippen LogP contribution in [0.4, 0.5) is 0 Å². The number of hydrogen-bond acceptors (Lipinski definition) is 2. The number of aliphatic carboxylic acids is 1. The van der Waals surface area contributed by atoms with Crippen molar-refractivity contribution < 1.29 is 19.4 Å². The van der Waals surface area contributed by atoms with Crippen molar-refractivity contribution in [1.29, 1.82) is 0 Å². The number of benzene rings is 1. The fraction of sp³-hybridized carbons (Fsp3) is 0.364. The van der Waals surface area contributed by atoms with E-state index in [-0.39, 0.29) is 6.16 Å². The van der Waals surface area contributed by atoms with Crippen LogP contribution >= 0.6 is 7.37 Å². The normalized spacial score (nSPS) is 14.3. The minimum Gasteiger partial charge on any atom is -0.481 e. The molecule has 0 aliphatic rings. The maximum Gasteiger partial charge on any atom is 0.313 e. The smallest absolute Gasteiger partial charge is 0.313 e. The molecule has 2 N–H and O–H groups in total. The van der Waals surface area contributed by atoms with Crippen molar-refractivity contribution in [3.05, 3.63) is 35.9 Å². The Bertz CT molecular complexity index is 388. The number of carboxylic acids is 1. The average Bonchev–Trinajstić information content (AvgIpc) is 2.16. The quantitative estimate of drug-likeness (QED) is 0.748. The Hall–Kier alpha value is -1.12. The number of rotatable bonds is 6. The molecule has 88 valence electrons. The monoisotopic (exact) mass is 242 g/mol. The molecule has 0 amide bonds. The van der Waals surface area contributed by atoms with Crippen LogP contribution < -0.4 is 0 Å². The van der Waals surface area contributed by atoms with Crippen LogP contribution in [0.25, 0.3) is 0 Å². The van der Waals surface area contributed by atoms with Gasteiger partial charge in [0.15, 0.2) is 0 Å². The van der Waals surface area contributed by atoms with Gasteiger partial charge < -0.3 is 10.00 Å². The summed E-state index contributed by atoms with van der Waals surface area (Å²) >= 11 is 0. The summed E-state index contributed by atoms with van der Waals surface area (Å²) in [6, 6.07) is 9.61. The van der Waals surface area contributed by atoms with Crippen molar-refractivity contribution >= 4 is 13.3 Å². The Morgan fingerprint density at radius 3 is 2.44 bits per heavy atom. The average molecular weight is 242 g/mol. The number of aryl methyl sites for hydroxylation is 1. The lowest BCUT2D eigenvalue weighted by atomic mass is 10.1. The van der Waals surface area contributed by atoms with E-state index in [4.69, 9.17) is 5.11 Å². The molecule has 1 unspecified atom stereocenters. The Morgan fingerprint density at radius 2 is 1.88 bits per heavy atom. The zero-order valence-electron chi connectivity index (χ0n) is 8.87. The molecule has 4 nitrogen and oxygen atoms in total. The van der Waals surface area contributed by atoms with E-state index in [0.29, 0.717) is 12.8 Å². The SMILES string of the molecule is O=C(O)CP(=O)(O)CCCc1ccccc1. The van der Waals surface area contributed by atoms with Crippen LogP contribution in [0.3, 0.4) is 0 Å². The predicted octanol–water partition coefficient (Wildman–Crippen LogP) is 1.97. The highest BCUT2D eigenvalue weighted by molar-refractivity contribution is 7.58. The van der Waals surface area contributed by atoms with Crippen LogP contribution in [-0.2, 0) is 15.8 Å². The molecule has 16 heavy (non-hydrogen) atoms. The minimum absolute atomic E-state index is 0.0637. The Balaban J connectivity index is 2.36. The van der Waals surface area contributed by atoms with E-state index >= 15 is 0 Å². The van der Waals surface area contributed by atoms with Crippen molar-refractivity contribution in [3.63, 3.8) is 0 Å². The van der Waals surface area contributed by atoms with Gasteiger partial charge in [-0.1, -0.05) is 30.3 Å². The predicted molar refractivity (Wildman–Crippen MR) is 62.0 cm³/mol. The van der Waals surface area contributed by atoms with Crippen molar-refractivity contribution in [1.82, 2.24) is 0 Å². The van der Waals surface area contributed by atoms with Crippen LogP contribution in [-0.4, -0.2) is 28.3 Å². The summed E-state index contributed by atoms with van der Waals surface area (Å²) in [5.41, 5.74) is 1.10. The first-order valence-corrected chi connectivity index (χ1v) is 7.09. The standard InChI is InChI=1S/C11H15O4P/c12-11(13)9-16(14,15)8-4-7-10-5-2-1-3-6-10/h1-3,5-6H,4,7-9H2,(H,12,13)(H,14,15). The fourth-order valence-corrected chi connectivity index (χ4v) is 2.70. The highest BCUT2D eigenvalue weighted by atomic mass is 31.2. The Labute approximate surface area is 94.4 Å². The third-order valence-corrected chi connectivity index (χ3v) is 3.98. The second kappa shape index (κ2) is 5.83. The molecule has 0 radical (unpaired) electrons. The molecule has 0 saturated carbocycles. The summed E-state index contributed by atoms with van der Waals surface area (Å²) in [5.74, 6) is -1.22. The third kappa shape index (κ3) is 5.10. The molecular formula is C11H15O4P. The molecule has 5 heteroatoms. The minimum atomic E-state index is -3.49. The first-order chi connectivity index (χ1) is 7.49. The topological polar surface area (TPSA) is 74.6 Å². The molecule has 1 aromatic carbocycles. The zero-order chi connectivity index (χ0) is 12.0. The highest BCUT2D eigenvalue weighted by Gasteiger charge is 2.21. The van der Waals surface area contributed by atoms with E-state index in [1.165, 1.54) is 0 Å². The van der Waals surface area contributed by atoms with Gasteiger partial charge in [0.1, 0.15) is 6.16 Å². The van der Waals surface area contributed by atoms with Gasteiger partial charge in [0, 0.05) is 6.16 Å². The van der Waals surface area contributed by atoms with Crippen molar-refractivity contribution in [2.45, 2.75) is 12.8 Å². The largest absolute Gasteiger partial charge is 0.481 e. The van der Waals surface area contributed by atoms with Gasteiger partial charge in [0.2, 0.25) is 7.37 Å². The summed E-state index contributed by atoms with van der Waals surface area (Å²) in [7, 11) is -3.49. The first-order valence-electron chi connectivity index (χ1n) is 5.06. The van der Waals surface area contributed by atoms with Gasteiger partial charge in [-0.15, -0.1) is 0 Å². The lowest BCUT2D eigenvalue weighted by Gasteiger charge is -2.08. The highest BCUT2D eigenvalue weighted by Crippen LogP contribution is 2.40. The summed E-state index contributed by atoms with van der Waals surface area (Å²) in [6.45, 7) is 0. The molecule has 0 aliphatic carbocycles. The van der Waals surface area contributed by atoms with Crippen LogP contribution in [0, 0.1) is 0 Å². The van der Waals surface area contributed by atoms with Gasteiger partial charge in [-0.05, 0) is 18.4 Å². The van der Waals surface area contributed by atoms with Gasteiger partial charge in [0.25, 0.3) is 0 Å². The molecular weight excluding hydrogens is 227 g/mol. The van der Waals surface area contributed by atoms with Crippen LogP contribution in [0.5, 0.6) is 0 Å². The van der Waals surface area contributed by atoms with Crippen molar-refractivity contribution in [2.24, 2.45) is 0 Å². The molecule has 1 atom stereocenters. The molecule has 0 fully saturated rings. The van der Waals surface area contributed by atoms with E-state index in [1.807, 2.05) is 30.3 Å². The van der Waals surface area contributed by atoms with Crippen LogP contribution in [0.15, 0.2) is 30.3 Å². The van der Waals surface area contributed by atoms with Crippen molar-refractivity contribution in [2.75, 3.05) is 12.3 Å². The van der Waals surface area contributed by atoms with E-state index in [0.717, 1.165) is 5.56 Å². The molecule has 0 saturated heterocycles. The molecule has 0 bridgehead atoms. The van der Waals surface area contributed by atoms with Gasteiger partial charge in [0.05, 0.1) is 0 Å². The third-order valence-electron chi connectivity index (χ3n) is 2.20. The van der Waals surface area contributed by atoms with Gasteiger partial charge in [-0.2, -0.15) is 0 Å².